The molecule has 2 heterocycles. The van der Waals surface area contributed by atoms with E-state index in [1.54, 1.807) is 11.3 Å². The zero-order valence-electron chi connectivity index (χ0n) is 11.9. The number of hydrogen-bond donors (Lipinski definition) is 1. The van der Waals surface area contributed by atoms with Crippen LogP contribution in [0.25, 0.3) is 0 Å². The molecule has 2 aromatic rings. The smallest absolute Gasteiger partial charge is 0.0931 e. The van der Waals surface area contributed by atoms with Gasteiger partial charge < -0.3 is 5.73 Å². The van der Waals surface area contributed by atoms with E-state index >= 15 is 0 Å². The lowest BCUT2D eigenvalue weighted by Gasteiger charge is -2.31. The van der Waals surface area contributed by atoms with Gasteiger partial charge in [-0.1, -0.05) is 24.6 Å². The third-order valence-corrected chi connectivity index (χ3v) is 5.77. The molecule has 20 heavy (non-hydrogen) atoms. The monoisotopic (exact) mass is 328 g/mol. The first-order valence-electron chi connectivity index (χ1n) is 6.85. The Morgan fingerprint density at radius 1 is 1.35 bits per heavy atom. The second-order valence-electron chi connectivity index (χ2n) is 4.97. The predicted molar refractivity (Wildman–Crippen MR) is 91.0 cm³/mol. The molecule has 0 aliphatic rings. The molecule has 2 aromatic heterocycles. The first-order chi connectivity index (χ1) is 9.61. The van der Waals surface area contributed by atoms with Gasteiger partial charge in [0.25, 0.3) is 0 Å². The van der Waals surface area contributed by atoms with Crippen LogP contribution >= 0.6 is 34.3 Å². The minimum atomic E-state index is 0.137. The number of thiophene rings is 2. The largest absolute Gasteiger partial charge is 0.326 e. The Morgan fingerprint density at radius 3 is 2.70 bits per heavy atom. The maximum absolute atomic E-state index is 6.33. The number of rotatable bonds is 7. The van der Waals surface area contributed by atoms with Gasteiger partial charge in [0.2, 0.25) is 0 Å². The number of likely N-dealkylation sites (N-methyl/N-ethyl adjacent to an activating group) is 1. The molecule has 0 spiro atoms. The van der Waals surface area contributed by atoms with E-state index in [9.17, 15) is 0 Å². The summed E-state index contributed by atoms with van der Waals surface area (Å²) < 4.78 is 0.833. The summed E-state index contributed by atoms with van der Waals surface area (Å²) in [5, 5.41) is 2.13. The molecule has 0 amide bonds. The van der Waals surface area contributed by atoms with Crippen LogP contribution in [0.4, 0.5) is 0 Å². The van der Waals surface area contributed by atoms with Crippen molar-refractivity contribution in [2.45, 2.75) is 31.8 Å². The lowest BCUT2D eigenvalue weighted by atomic mass is 10.0. The van der Waals surface area contributed by atoms with Crippen LogP contribution in [0.5, 0.6) is 0 Å². The van der Waals surface area contributed by atoms with Gasteiger partial charge in [0.05, 0.1) is 10.4 Å². The zero-order valence-corrected chi connectivity index (χ0v) is 14.3. The van der Waals surface area contributed by atoms with E-state index in [0.29, 0.717) is 0 Å². The van der Waals surface area contributed by atoms with Crippen molar-refractivity contribution in [2.75, 3.05) is 13.6 Å². The van der Waals surface area contributed by atoms with Crippen LogP contribution in [-0.4, -0.2) is 24.5 Å². The molecular formula is C15H21ClN2S2. The van der Waals surface area contributed by atoms with Gasteiger partial charge in [0.15, 0.2) is 0 Å². The molecule has 2 unspecified atom stereocenters. The summed E-state index contributed by atoms with van der Waals surface area (Å²) in [4.78, 5) is 5.04. The van der Waals surface area contributed by atoms with Crippen LogP contribution in [0.2, 0.25) is 4.34 Å². The van der Waals surface area contributed by atoms with E-state index in [0.717, 1.165) is 23.7 Å². The summed E-state index contributed by atoms with van der Waals surface area (Å²) >= 11 is 9.53. The molecule has 0 saturated carbocycles. The molecule has 0 bridgehead atoms. The van der Waals surface area contributed by atoms with Crippen molar-refractivity contribution in [2.24, 2.45) is 5.73 Å². The van der Waals surface area contributed by atoms with Gasteiger partial charge >= 0.3 is 0 Å². The number of hydrogen-bond acceptors (Lipinski definition) is 4. The Balaban J connectivity index is 2.05. The molecule has 0 saturated heterocycles. The third kappa shape index (κ3) is 4.06. The first kappa shape index (κ1) is 16.0. The second-order valence-corrected chi connectivity index (χ2v) is 7.75. The summed E-state index contributed by atoms with van der Waals surface area (Å²) in [6, 6.07) is 8.75. The highest BCUT2D eigenvalue weighted by Gasteiger charge is 2.24. The van der Waals surface area contributed by atoms with E-state index < -0.39 is 0 Å². The predicted octanol–water partition coefficient (Wildman–Crippen LogP) is 4.42. The lowest BCUT2D eigenvalue weighted by molar-refractivity contribution is 0.215. The Bertz CT molecular complexity index is 510. The minimum Gasteiger partial charge on any atom is -0.326 e. The molecule has 2 N–H and O–H groups in total. The average molecular weight is 329 g/mol. The van der Waals surface area contributed by atoms with Crippen LogP contribution in [0, 0.1) is 0 Å². The lowest BCUT2D eigenvalue weighted by Crippen LogP contribution is -2.39. The molecule has 110 valence electrons. The fourth-order valence-corrected chi connectivity index (χ4v) is 4.35. The van der Waals surface area contributed by atoms with E-state index in [2.05, 4.69) is 42.5 Å². The number of halogens is 1. The maximum atomic E-state index is 6.33. The second kappa shape index (κ2) is 7.57. The van der Waals surface area contributed by atoms with E-state index in [1.807, 2.05) is 17.4 Å². The molecule has 0 fully saturated rings. The molecule has 2 rings (SSSR count). The Hall–Kier alpha value is -0.390. The van der Waals surface area contributed by atoms with Crippen molar-refractivity contribution in [1.29, 1.82) is 0 Å². The standard InChI is InChI=1S/C15H21ClN2S2/c1-3-12(17)15(13-6-7-14(16)20-13)18(2)9-8-11-5-4-10-19-11/h4-7,10,12,15H,3,8-9,17H2,1-2H3. The van der Waals surface area contributed by atoms with Gasteiger partial charge in [-0.25, -0.2) is 0 Å². The molecule has 0 aliphatic heterocycles. The summed E-state index contributed by atoms with van der Waals surface area (Å²) in [6.07, 6.45) is 2.03. The maximum Gasteiger partial charge on any atom is 0.0931 e. The highest BCUT2D eigenvalue weighted by Crippen LogP contribution is 2.32. The zero-order chi connectivity index (χ0) is 14.5. The normalized spacial score (nSPS) is 14.7. The first-order valence-corrected chi connectivity index (χ1v) is 8.92. The molecule has 0 aliphatic carbocycles. The van der Waals surface area contributed by atoms with Crippen LogP contribution < -0.4 is 5.73 Å². The number of nitrogens with two attached hydrogens (primary N) is 1. The minimum absolute atomic E-state index is 0.137. The molecule has 0 aromatic carbocycles. The molecular weight excluding hydrogens is 308 g/mol. The Kier molecular flexibility index (Phi) is 6.05. The summed E-state index contributed by atoms with van der Waals surface area (Å²) in [7, 11) is 2.15. The molecule has 2 atom stereocenters. The summed E-state index contributed by atoms with van der Waals surface area (Å²) in [5.74, 6) is 0. The van der Waals surface area contributed by atoms with Gasteiger partial charge in [-0.2, -0.15) is 0 Å². The van der Waals surface area contributed by atoms with Gasteiger partial charge in [0, 0.05) is 22.3 Å². The van der Waals surface area contributed by atoms with Gasteiger partial charge in [-0.3, -0.25) is 4.90 Å². The van der Waals surface area contributed by atoms with Crippen LogP contribution in [0.1, 0.15) is 29.1 Å². The quantitative estimate of drug-likeness (QED) is 0.815. The molecule has 5 heteroatoms. The van der Waals surface area contributed by atoms with Crippen LogP contribution in [0.15, 0.2) is 29.6 Å². The Morgan fingerprint density at radius 2 is 2.15 bits per heavy atom. The number of nitrogens with zero attached hydrogens (tertiary/aromatic N) is 1. The van der Waals surface area contributed by atoms with Crippen LogP contribution in [0.3, 0.4) is 0 Å². The summed E-state index contributed by atoms with van der Waals surface area (Å²) in [6.45, 7) is 3.15. The summed E-state index contributed by atoms with van der Waals surface area (Å²) in [5.41, 5.74) is 6.33. The molecule has 0 radical (unpaired) electrons. The van der Waals surface area contributed by atoms with E-state index in [1.165, 1.54) is 9.75 Å². The SMILES string of the molecule is CCC(N)C(c1ccc(Cl)s1)N(C)CCc1cccs1. The fourth-order valence-electron chi connectivity index (χ4n) is 2.35. The highest BCUT2D eigenvalue weighted by molar-refractivity contribution is 7.16. The highest BCUT2D eigenvalue weighted by atomic mass is 35.5. The van der Waals surface area contributed by atoms with Gasteiger partial charge in [-0.15, -0.1) is 22.7 Å². The van der Waals surface area contributed by atoms with E-state index in [-0.39, 0.29) is 12.1 Å². The third-order valence-electron chi connectivity index (χ3n) is 3.53. The van der Waals surface area contributed by atoms with Crippen molar-refractivity contribution in [3.63, 3.8) is 0 Å². The van der Waals surface area contributed by atoms with Crippen molar-refractivity contribution in [3.05, 3.63) is 43.7 Å². The molecule has 2 nitrogen and oxygen atoms in total. The van der Waals surface area contributed by atoms with E-state index in [4.69, 9.17) is 17.3 Å². The topological polar surface area (TPSA) is 29.3 Å². The van der Waals surface area contributed by atoms with Gasteiger partial charge in [-0.05, 0) is 43.5 Å². The van der Waals surface area contributed by atoms with Gasteiger partial charge in [0.1, 0.15) is 0 Å². The van der Waals surface area contributed by atoms with Crippen LogP contribution in [-0.2, 0) is 6.42 Å². The Labute approximate surface area is 134 Å². The van der Waals surface area contributed by atoms with Crippen molar-refractivity contribution in [3.8, 4) is 0 Å². The fraction of sp³-hybridized carbons (Fsp3) is 0.467. The van der Waals surface area contributed by atoms with Crippen molar-refractivity contribution >= 4 is 34.3 Å². The van der Waals surface area contributed by atoms with Crippen molar-refractivity contribution < 1.29 is 0 Å². The average Bonchev–Trinajstić information content (AvgIpc) is 3.08. The van der Waals surface area contributed by atoms with Crippen molar-refractivity contribution in [1.82, 2.24) is 4.90 Å².